The van der Waals surface area contributed by atoms with E-state index in [1.807, 2.05) is 50.2 Å². The summed E-state index contributed by atoms with van der Waals surface area (Å²) in [4.78, 5) is 12.1. The van der Waals surface area contributed by atoms with E-state index in [9.17, 15) is 4.79 Å². The molecule has 0 fully saturated rings. The minimum absolute atomic E-state index is 0.224. The standard InChI is InChI=1S/C17H16N2O3/c1-11-5-3-4-6-14(11)17(20)19-18-12(2)13-7-8-15-16(9-13)22-10-21-15/h3-9H,10H2,1-2H3,(H,19,20)/b18-12+. The third-order valence-corrected chi connectivity index (χ3v) is 3.51. The minimum atomic E-state index is -0.224. The van der Waals surface area contributed by atoms with Crippen LogP contribution in [0, 0.1) is 6.92 Å². The van der Waals surface area contributed by atoms with Crippen LogP contribution >= 0.6 is 0 Å². The van der Waals surface area contributed by atoms with Crippen molar-refractivity contribution in [2.45, 2.75) is 13.8 Å². The van der Waals surface area contributed by atoms with Crippen molar-refractivity contribution in [2.24, 2.45) is 5.10 Å². The Labute approximate surface area is 128 Å². The van der Waals surface area contributed by atoms with Gasteiger partial charge in [0.1, 0.15) is 0 Å². The first kappa shape index (κ1) is 14.1. The van der Waals surface area contributed by atoms with Crippen molar-refractivity contribution in [2.75, 3.05) is 6.79 Å². The van der Waals surface area contributed by atoms with Gasteiger partial charge in [0, 0.05) is 11.1 Å². The first-order valence-corrected chi connectivity index (χ1v) is 6.95. The van der Waals surface area contributed by atoms with E-state index in [0.29, 0.717) is 17.0 Å². The molecule has 1 N–H and O–H groups in total. The molecule has 22 heavy (non-hydrogen) atoms. The highest BCUT2D eigenvalue weighted by molar-refractivity contribution is 6.01. The maximum Gasteiger partial charge on any atom is 0.271 e. The number of rotatable bonds is 3. The van der Waals surface area contributed by atoms with Crippen LogP contribution in [0.3, 0.4) is 0 Å². The predicted octanol–water partition coefficient (Wildman–Crippen LogP) is 2.88. The average Bonchev–Trinajstić information content (AvgIpc) is 3.00. The van der Waals surface area contributed by atoms with Gasteiger partial charge in [-0.15, -0.1) is 0 Å². The van der Waals surface area contributed by atoms with Crippen molar-refractivity contribution in [3.8, 4) is 11.5 Å². The van der Waals surface area contributed by atoms with E-state index in [1.165, 1.54) is 0 Å². The summed E-state index contributed by atoms with van der Waals surface area (Å²) in [6.45, 7) is 3.96. The number of fused-ring (bicyclic) bond motifs is 1. The topological polar surface area (TPSA) is 59.9 Å². The van der Waals surface area contributed by atoms with Crippen molar-refractivity contribution in [1.29, 1.82) is 0 Å². The lowest BCUT2D eigenvalue weighted by molar-refractivity contribution is 0.0954. The summed E-state index contributed by atoms with van der Waals surface area (Å²) in [5.74, 6) is 1.19. The fourth-order valence-corrected chi connectivity index (χ4v) is 2.21. The van der Waals surface area contributed by atoms with Crippen molar-refractivity contribution >= 4 is 11.6 Å². The fraction of sp³-hybridized carbons (Fsp3) is 0.176. The molecule has 1 heterocycles. The quantitative estimate of drug-likeness (QED) is 0.700. The Morgan fingerprint density at radius 1 is 1.14 bits per heavy atom. The first-order valence-electron chi connectivity index (χ1n) is 6.95. The predicted molar refractivity (Wildman–Crippen MR) is 83.4 cm³/mol. The van der Waals surface area contributed by atoms with E-state index in [1.54, 1.807) is 6.07 Å². The van der Waals surface area contributed by atoms with Crippen LogP contribution in [0.25, 0.3) is 0 Å². The zero-order valence-corrected chi connectivity index (χ0v) is 12.4. The first-order chi connectivity index (χ1) is 10.6. The summed E-state index contributed by atoms with van der Waals surface area (Å²) >= 11 is 0. The Morgan fingerprint density at radius 2 is 1.91 bits per heavy atom. The second-order valence-corrected chi connectivity index (χ2v) is 5.02. The third-order valence-electron chi connectivity index (χ3n) is 3.51. The van der Waals surface area contributed by atoms with E-state index >= 15 is 0 Å². The summed E-state index contributed by atoms with van der Waals surface area (Å²) < 4.78 is 10.6. The largest absolute Gasteiger partial charge is 0.454 e. The van der Waals surface area contributed by atoms with Gasteiger partial charge in [-0.25, -0.2) is 5.43 Å². The molecule has 0 spiro atoms. The molecule has 2 aromatic carbocycles. The number of ether oxygens (including phenoxy) is 2. The van der Waals surface area contributed by atoms with E-state index in [4.69, 9.17) is 9.47 Å². The zero-order chi connectivity index (χ0) is 15.5. The number of nitrogens with one attached hydrogen (secondary N) is 1. The Bertz CT molecular complexity index is 753. The van der Waals surface area contributed by atoms with Gasteiger partial charge in [-0.1, -0.05) is 18.2 Å². The molecule has 1 amide bonds. The van der Waals surface area contributed by atoms with Crippen molar-refractivity contribution in [1.82, 2.24) is 5.43 Å². The highest BCUT2D eigenvalue weighted by Gasteiger charge is 2.14. The van der Waals surface area contributed by atoms with Crippen LogP contribution in [0.1, 0.15) is 28.4 Å². The normalized spacial score (nSPS) is 13.1. The molecule has 0 saturated heterocycles. The highest BCUT2D eigenvalue weighted by Crippen LogP contribution is 2.32. The van der Waals surface area contributed by atoms with Crippen LogP contribution in [-0.2, 0) is 0 Å². The molecular weight excluding hydrogens is 280 g/mol. The summed E-state index contributed by atoms with van der Waals surface area (Å²) in [6.07, 6.45) is 0. The maximum absolute atomic E-state index is 12.1. The maximum atomic E-state index is 12.1. The Morgan fingerprint density at radius 3 is 2.73 bits per heavy atom. The van der Waals surface area contributed by atoms with Gasteiger partial charge < -0.3 is 9.47 Å². The summed E-state index contributed by atoms with van der Waals surface area (Å²) in [7, 11) is 0. The van der Waals surface area contributed by atoms with Crippen LogP contribution in [0.4, 0.5) is 0 Å². The minimum Gasteiger partial charge on any atom is -0.454 e. The van der Waals surface area contributed by atoms with E-state index in [-0.39, 0.29) is 12.7 Å². The van der Waals surface area contributed by atoms with E-state index in [2.05, 4.69) is 10.5 Å². The molecular formula is C17H16N2O3. The zero-order valence-electron chi connectivity index (χ0n) is 12.4. The van der Waals surface area contributed by atoms with E-state index in [0.717, 1.165) is 16.9 Å². The van der Waals surface area contributed by atoms with Crippen LogP contribution in [-0.4, -0.2) is 18.4 Å². The number of nitrogens with zero attached hydrogens (tertiary/aromatic N) is 1. The number of hydrogen-bond donors (Lipinski definition) is 1. The Hall–Kier alpha value is -2.82. The summed E-state index contributed by atoms with van der Waals surface area (Å²) in [5, 5.41) is 4.16. The van der Waals surface area contributed by atoms with Gasteiger partial charge in [-0.3, -0.25) is 4.79 Å². The van der Waals surface area contributed by atoms with Gasteiger partial charge in [0.15, 0.2) is 11.5 Å². The van der Waals surface area contributed by atoms with Crippen LogP contribution in [0.15, 0.2) is 47.6 Å². The lowest BCUT2D eigenvalue weighted by Crippen LogP contribution is -2.20. The monoisotopic (exact) mass is 296 g/mol. The summed E-state index contributed by atoms with van der Waals surface area (Å²) in [6, 6.07) is 13.0. The second-order valence-electron chi connectivity index (χ2n) is 5.02. The molecule has 112 valence electrons. The van der Waals surface area contributed by atoms with Crippen LogP contribution in [0.2, 0.25) is 0 Å². The molecule has 0 aromatic heterocycles. The molecule has 0 atom stereocenters. The van der Waals surface area contributed by atoms with Gasteiger partial charge in [-0.2, -0.15) is 5.10 Å². The van der Waals surface area contributed by atoms with Crippen LogP contribution < -0.4 is 14.9 Å². The summed E-state index contributed by atoms with van der Waals surface area (Å²) in [5.41, 5.74) is 5.68. The molecule has 1 aliphatic heterocycles. The molecule has 1 aliphatic rings. The fourth-order valence-electron chi connectivity index (χ4n) is 2.21. The third kappa shape index (κ3) is 2.79. The molecule has 5 nitrogen and oxygen atoms in total. The molecule has 0 saturated carbocycles. The van der Waals surface area contributed by atoms with Gasteiger partial charge >= 0.3 is 0 Å². The number of carbonyl (C=O) groups is 1. The Kier molecular flexibility index (Phi) is 3.78. The number of hydrazone groups is 1. The smallest absolute Gasteiger partial charge is 0.271 e. The van der Waals surface area contributed by atoms with Gasteiger partial charge in [0.25, 0.3) is 5.91 Å². The van der Waals surface area contributed by atoms with E-state index < -0.39 is 0 Å². The van der Waals surface area contributed by atoms with Gasteiger partial charge in [-0.05, 0) is 43.7 Å². The van der Waals surface area contributed by atoms with Crippen LogP contribution in [0.5, 0.6) is 11.5 Å². The van der Waals surface area contributed by atoms with Gasteiger partial charge in [0.2, 0.25) is 6.79 Å². The lowest BCUT2D eigenvalue weighted by atomic mass is 10.1. The van der Waals surface area contributed by atoms with Crippen molar-refractivity contribution in [3.05, 3.63) is 59.2 Å². The Balaban J connectivity index is 1.75. The molecule has 2 aromatic rings. The molecule has 5 heteroatoms. The molecule has 0 radical (unpaired) electrons. The molecule has 0 unspecified atom stereocenters. The van der Waals surface area contributed by atoms with Crippen molar-refractivity contribution < 1.29 is 14.3 Å². The van der Waals surface area contributed by atoms with Crippen molar-refractivity contribution in [3.63, 3.8) is 0 Å². The second kappa shape index (κ2) is 5.89. The number of aryl methyl sites for hydroxylation is 1. The number of carbonyl (C=O) groups excluding carboxylic acids is 1. The number of amides is 1. The highest BCUT2D eigenvalue weighted by atomic mass is 16.7. The average molecular weight is 296 g/mol. The SMILES string of the molecule is C/C(=N\NC(=O)c1ccccc1C)c1ccc2c(c1)OCO2. The number of hydrogen-bond acceptors (Lipinski definition) is 4. The molecule has 3 rings (SSSR count). The lowest BCUT2D eigenvalue weighted by Gasteiger charge is -2.06. The van der Waals surface area contributed by atoms with Gasteiger partial charge in [0.05, 0.1) is 5.71 Å². The molecule has 0 bridgehead atoms. The molecule has 0 aliphatic carbocycles. The number of benzene rings is 2.